The van der Waals surface area contributed by atoms with Gasteiger partial charge in [-0.05, 0) is 45.0 Å². The van der Waals surface area contributed by atoms with Crippen molar-refractivity contribution in [1.29, 1.82) is 0 Å². The maximum absolute atomic E-state index is 12.2. The Hall–Kier alpha value is -1.35. The summed E-state index contributed by atoms with van der Waals surface area (Å²) >= 11 is 0. The van der Waals surface area contributed by atoms with E-state index in [0.29, 0.717) is 6.54 Å². The van der Waals surface area contributed by atoms with E-state index < -0.39 is 0 Å². The number of aryl methyl sites for hydroxylation is 2. The summed E-state index contributed by atoms with van der Waals surface area (Å²) in [6.07, 6.45) is 0.836. The van der Waals surface area contributed by atoms with Gasteiger partial charge in [0, 0.05) is 6.54 Å². The third-order valence-electron chi connectivity index (χ3n) is 3.67. The molecule has 3 nitrogen and oxygen atoms in total. The molecule has 1 atom stereocenters. The molecule has 1 amide bonds. The van der Waals surface area contributed by atoms with Crippen molar-refractivity contribution < 1.29 is 4.79 Å². The Kier molecular flexibility index (Phi) is 6.03. The van der Waals surface area contributed by atoms with Crippen LogP contribution in [-0.4, -0.2) is 30.4 Å². The average Bonchev–Trinajstić information content (AvgIpc) is 2.38. The molecule has 1 aromatic carbocycles. The Balaban J connectivity index is 2.62. The highest BCUT2D eigenvalue weighted by Crippen LogP contribution is 2.10. The van der Waals surface area contributed by atoms with Crippen LogP contribution in [0.25, 0.3) is 0 Å². The quantitative estimate of drug-likeness (QED) is 0.855. The third-order valence-corrected chi connectivity index (χ3v) is 3.67. The molecule has 0 aliphatic heterocycles. The van der Waals surface area contributed by atoms with Crippen molar-refractivity contribution in [1.82, 2.24) is 10.2 Å². The summed E-state index contributed by atoms with van der Waals surface area (Å²) in [6, 6.07) is 6.30. The predicted octanol–water partition coefficient (Wildman–Crippen LogP) is 2.65. The molecular formula is C16H26N2O. The first-order valence-electron chi connectivity index (χ1n) is 7.03. The maximum Gasteiger partial charge on any atom is 0.237 e. The predicted molar refractivity (Wildman–Crippen MR) is 80.1 cm³/mol. The number of amides is 1. The largest absolute Gasteiger partial charge is 0.351 e. The SMILES string of the molecule is CCC(C(=O)NCc1ccc(C)cc1C)N(C)CC. The van der Waals surface area contributed by atoms with Gasteiger partial charge in [-0.15, -0.1) is 0 Å². The van der Waals surface area contributed by atoms with Gasteiger partial charge in [0.05, 0.1) is 6.04 Å². The molecule has 1 unspecified atom stereocenters. The summed E-state index contributed by atoms with van der Waals surface area (Å²) in [7, 11) is 1.99. The van der Waals surface area contributed by atoms with E-state index in [1.807, 2.05) is 14.0 Å². The van der Waals surface area contributed by atoms with Gasteiger partial charge in [-0.1, -0.05) is 37.6 Å². The molecule has 0 radical (unpaired) electrons. The molecule has 1 rings (SSSR count). The van der Waals surface area contributed by atoms with Crippen molar-refractivity contribution >= 4 is 5.91 Å². The van der Waals surface area contributed by atoms with Crippen molar-refractivity contribution in [2.45, 2.75) is 46.7 Å². The molecule has 0 fully saturated rings. The Bertz CT molecular complexity index is 429. The summed E-state index contributed by atoms with van der Waals surface area (Å²) in [5.41, 5.74) is 3.68. The van der Waals surface area contributed by atoms with Crippen molar-refractivity contribution in [3.05, 3.63) is 34.9 Å². The normalized spacial score (nSPS) is 12.5. The number of benzene rings is 1. The van der Waals surface area contributed by atoms with Crippen LogP contribution in [-0.2, 0) is 11.3 Å². The molecule has 0 spiro atoms. The second-order valence-corrected chi connectivity index (χ2v) is 5.15. The molecule has 106 valence electrons. The second kappa shape index (κ2) is 7.29. The van der Waals surface area contributed by atoms with Crippen LogP contribution in [0.15, 0.2) is 18.2 Å². The fourth-order valence-corrected chi connectivity index (χ4v) is 2.26. The number of likely N-dealkylation sites (N-methyl/N-ethyl adjacent to an activating group) is 1. The van der Waals surface area contributed by atoms with Crippen LogP contribution in [0.2, 0.25) is 0 Å². The van der Waals surface area contributed by atoms with Gasteiger partial charge in [0.2, 0.25) is 5.91 Å². The lowest BCUT2D eigenvalue weighted by molar-refractivity contribution is -0.126. The molecule has 0 saturated heterocycles. The average molecular weight is 262 g/mol. The number of nitrogens with one attached hydrogen (secondary N) is 1. The van der Waals surface area contributed by atoms with Gasteiger partial charge in [0.25, 0.3) is 0 Å². The zero-order valence-corrected chi connectivity index (χ0v) is 12.8. The van der Waals surface area contributed by atoms with Crippen LogP contribution in [0, 0.1) is 13.8 Å². The highest BCUT2D eigenvalue weighted by Gasteiger charge is 2.19. The van der Waals surface area contributed by atoms with E-state index >= 15 is 0 Å². The van der Waals surface area contributed by atoms with Crippen LogP contribution < -0.4 is 5.32 Å². The lowest BCUT2D eigenvalue weighted by Crippen LogP contribution is -2.44. The van der Waals surface area contributed by atoms with E-state index in [9.17, 15) is 4.79 Å². The number of hydrogen-bond donors (Lipinski definition) is 1. The minimum absolute atomic E-state index is 0.0317. The summed E-state index contributed by atoms with van der Waals surface area (Å²) in [4.78, 5) is 14.3. The minimum atomic E-state index is -0.0317. The molecule has 0 aromatic heterocycles. The van der Waals surface area contributed by atoms with Crippen molar-refractivity contribution in [3.63, 3.8) is 0 Å². The zero-order valence-electron chi connectivity index (χ0n) is 12.8. The number of hydrogen-bond acceptors (Lipinski definition) is 2. The zero-order chi connectivity index (χ0) is 14.4. The summed E-state index contributed by atoms with van der Waals surface area (Å²) in [6.45, 7) is 9.78. The van der Waals surface area contributed by atoms with E-state index in [1.165, 1.54) is 16.7 Å². The van der Waals surface area contributed by atoms with Gasteiger partial charge < -0.3 is 5.32 Å². The van der Waals surface area contributed by atoms with Crippen molar-refractivity contribution in [2.75, 3.05) is 13.6 Å². The Morgan fingerprint density at radius 3 is 2.53 bits per heavy atom. The number of rotatable bonds is 6. The number of carbonyl (C=O) groups is 1. The van der Waals surface area contributed by atoms with Gasteiger partial charge in [-0.25, -0.2) is 0 Å². The smallest absolute Gasteiger partial charge is 0.237 e. The molecular weight excluding hydrogens is 236 g/mol. The van der Waals surface area contributed by atoms with Gasteiger partial charge in [-0.2, -0.15) is 0 Å². The van der Waals surface area contributed by atoms with Gasteiger partial charge in [0.15, 0.2) is 0 Å². The molecule has 0 aliphatic carbocycles. The number of carbonyl (C=O) groups excluding carboxylic acids is 1. The fourth-order valence-electron chi connectivity index (χ4n) is 2.26. The first-order chi connectivity index (χ1) is 8.99. The minimum Gasteiger partial charge on any atom is -0.351 e. The molecule has 1 aromatic rings. The Morgan fingerprint density at radius 2 is 2.00 bits per heavy atom. The third kappa shape index (κ3) is 4.35. The highest BCUT2D eigenvalue weighted by molar-refractivity contribution is 5.81. The lowest BCUT2D eigenvalue weighted by atomic mass is 10.1. The van der Waals surface area contributed by atoms with Crippen LogP contribution in [0.3, 0.4) is 0 Å². The van der Waals surface area contributed by atoms with Gasteiger partial charge >= 0.3 is 0 Å². The first-order valence-corrected chi connectivity index (χ1v) is 7.03. The van der Waals surface area contributed by atoms with E-state index in [4.69, 9.17) is 0 Å². The van der Waals surface area contributed by atoms with E-state index in [2.05, 4.69) is 49.2 Å². The van der Waals surface area contributed by atoms with Crippen LogP contribution in [0.1, 0.15) is 37.0 Å². The first kappa shape index (κ1) is 15.7. The monoisotopic (exact) mass is 262 g/mol. The molecule has 1 N–H and O–H groups in total. The summed E-state index contributed by atoms with van der Waals surface area (Å²) in [5.74, 6) is 0.117. The Morgan fingerprint density at radius 1 is 1.32 bits per heavy atom. The van der Waals surface area contributed by atoms with Crippen molar-refractivity contribution in [2.24, 2.45) is 0 Å². The molecule has 0 heterocycles. The second-order valence-electron chi connectivity index (χ2n) is 5.15. The van der Waals surface area contributed by atoms with Crippen molar-refractivity contribution in [3.8, 4) is 0 Å². The molecule has 0 bridgehead atoms. The number of nitrogens with zero attached hydrogens (tertiary/aromatic N) is 1. The highest BCUT2D eigenvalue weighted by atomic mass is 16.2. The summed E-state index contributed by atoms with van der Waals surface area (Å²) < 4.78 is 0. The molecule has 0 saturated carbocycles. The molecule has 3 heteroatoms. The van der Waals surface area contributed by atoms with E-state index in [-0.39, 0.29) is 11.9 Å². The van der Waals surface area contributed by atoms with Crippen LogP contribution in [0.4, 0.5) is 0 Å². The maximum atomic E-state index is 12.2. The Labute approximate surface area is 117 Å². The van der Waals surface area contributed by atoms with E-state index in [0.717, 1.165) is 13.0 Å². The van der Waals surface area contributed by atoms with E-state index in [1.54, 1.807) is 0 Å². The fraction of sp³-hybridized carbons (Fsp3) is 0.562. The standard InChI is InChI=1S/C16H26N2O/c1-6-15(18(5)7-2)16(19)17-11-14-9-8-12(3)10-13(14)4/h8-10,15H,6-7,11H2,1-5H3,(H,17,19). The molecule has 19 heavy (non-hydrogen) atoms. The molecule has 0 aliphatic rings. The van der Waals surface area contributed by atoms with Crippen LogP contribution >= 0.6 is 0 Å². The lowest BCUT2D eigenvalue weighted by Gasteiger charge is -2.24. The van der Waals surface area contributed by atoms with Gasteiger partial charge in [-0.3, -0.25) is 9.69 Å². The van der Waals surface area contributed by atoms with Gasteiger partial charge in [0.1, 0.15) is 0 Å². The topological polar surface area (TPSA) is 32.3 Å². The van der Waals surface area contributed by atoms with Crippen LogP contribution in [0.5, 0.6) is 0 Å². The summed E-state index contributed by atoms with van der Waals surface area (Å²) in [5, 5.41) is 3.04.